The van der Waals surface area contributed by atoms with E-state index in [0.29, 0.717) is 5.92 Å². The molecule has 0 aliphatic rings. The molecule has 1 unspecified atom stereocenters. The highest BCUT2D eigenvalue weighted by molar-refractivity contribution is 14.1. The molecular weight excluding hydrogens is 365 g/mol. The van der Waals surface area contributed by atoms with Crippen LogP contribution < -0.4 is 5.73 Å². The van der Waals surface area contributed by atoms with E-state index in [4.69, 9.17) is 5.73 Å². The monoisotopic (exact) mass is 381 g/mol. The molecule has 0 saturated heterocycles. The third-order valence-corrected chi connectivity index (χ3v) is 4.35. The lowest BCUT2D eigenvalue weighted by Gasteiger charge is -2.22. The van der Waals surface area contributed by atoms with Gasteiger partial charge < -0.3 is 5.73 Å². The second kappa shape index (κ2) is 6.21. The topological polar surface area (TPSA) is 26.0 Å². The molecule has 1 aromatic rings. The third-order valence-electron chi connectivity index (χ3n) is 2.87. The van der Waals surface area contributed by atoms with Crippen LogP contribution >= 0.6 is 38.5 Å². The van der Waals surface area contributed by atoms with Crippen molar-refractivity contribution in [2.75, 3.05) is 0 Å². The molecule has 0 amide bonds. The van der Waals surface area contributed by atoms with Gasteiger partial charge in [0.25, 0.3) is 0 Å². The van der Waals surface area contributed by atoms with Crippen LogP contribution in [-0.4, -0.2) is 0 Å². The zero-order valence-corrected chi connectivity index (χ0v) is 12.9. The number of hydrogen-bond donors (Lipinski definition) is 1. The van der Waals surface area contributed by atoms with Crippen molar-refractivity contribution in [3.63, 3.8) is 0 Å². The maximum absolute atomic E-state index is 6.30. The van der Waals surface area contributed by atoms with Crippen LogP contribution in [-0.2, 0) is 0 Å². The van der Waals surface area contributed by atoms with Crippen LogP contribution in [0.25, 0.3) is 0 Å². The van der Waals surface area contributed by atoms with Crippen molar-refractivity contribution in [2.45, 2.75) is 32.7 Å². The Kier molecular flexibility index (Phi) is 5.57. The van der Waals surface area contributed by atoms with Gasteiger partial charge in [0.15, 0.2) is 0 Å². The van der Waals surface area contributed by atoms with Gasteiger partial charge in [0.2, 0.25) is 0 Å². The molecule has 0 fully saturated rings. The first-order chi connectivity index (χ1) is 7.10. The van der Waals surface area contributed by atoms with E-state index in [0.717, 1.165) is 17.3 Å². The van der Waals surface area contributed by atoms with Crippen LogP contribution in [0.4, 0.5) is 0 Å². The summed E-state index contributed by atoms with van der Waals surface area (Å²) < 4.78 is 2.37. The van der Waals surface area contributed by atoms with E-state index in [1.165, 1.54) is 9.13 Å². The van der Waals surface area contributed by atoms with Gasteiger partial charge in [-0.05, 0) is 52.3 Å². The molecule has 3 heteroatoms. The van der Waals surface area contributed by atoms with Gasteiger partial charge >= 0.3 is 0 Å². The predicted molar refractivity (Wildman–Crippen MR) is 77.9 cm³/mol. The van der Waals surface area contributed by atoms with E-state index in [1.807, 2.05) is 0 Å². The molecule has 0 bridgehead atoms. The molecule has 1 rings (SSSR count). The standard InChI is InChI=1S/C12H17BrIN/c1-3-8(4-2)12(15)10-7-9(13)5-6-11(10)14/h5-8,12H,3-4,15H2,1-2H3. The summed E-state index contributed by atoms with van der Waals surface area (Å²) in [6.45, 7) is 4.41. The number of nitrogens with two attached hydrogens (primary N) is 1. The second-order valence-corrected chi connectivity index (χ2v) is 5.85. The lowest BCUT2D eigenvalue weighted by molar-refractivity contribution is 0.404. The molecule has 84 valence electrons. The van der Waals surface area contributed by atoms with Gasteiger partial charge in [-0.3, -0.25) is 0 Å². The molecule has 1 nitrogen and oxygen atoms in total. The highest BCUT2D eigenvalue weighted by atomic mass is 127. The van der Waals surface area contributed by atoms with Crippen LogP contribution in [0.5, 0.6) is 0 Å². The van der Waals surface area contributed by atoms with Gasteiger partial charge in [0.1, 0.15) is 0 Å². The van der Waals surface area contributed by atoms with Crippen molar-refractivity contribution >= 4 is 38.5 Å². The maximum Gasteiger partial charge on any atom is 0.0334 e. The van der Waals surface area contributed by atoms with E-state index in [-0.39, 0.29) is 6.04 Å². The molecule has 0 aliphatic heterocycles. The third kappa shape index (κ3) is 3.43. The molecule has 2 N–H and O–H groups in total. The van der Waals surface area contributed by atoms with Gasteiger partial charge in [-0.1, -0.05) is 42.6 Å². The Morgan fingerprint density at radius 3 is 2.47 bits per heavy atom. The SMILES string of the molecule is CCC(CC)C(N)c1cc(Br)ccc1I. The van der Waals surface area contributed by atoms with Crippen LogP contribution in [0.3, 0.4) is 0 Å². The zero-order valence-electron chi connectivity index (χ0n) is 9.13. The smallest absolute Gasteiger partial charge is 0.0334 e. The summed E-state index contributed by atoms with van der Waals surface area (Å²) in [5, 5.41) is 0. The molecule has 0 aromatic heterocycles. The first-order valence-electron chi connectivity index (χ1n) is 5.30. The summed E-state index contributed by atoms with van der Waals surface area (Å²) in [4.78, 5) is 0. The average Bonchev–Trinajstić information content (AvgIpc) is 2.23. The minimum absolute atomic E-state index is 0.157. The van der Waals surface area contributed by atoms with E-state index < -0.39 is 0 Å². The predicted octanol–water partition coefficient (Wildman–Crippen LogP) is 4.49. The summed E-state index contributed by atoms with van der Waals surface area (Å²) in [6, 6.07) is 6.47. The molecular formula is C12H17BrIN. The van der Waals surface area contributed by atoms with E-state index >= 15 is 0 Å². The van der Waals surface area contributed by atoms with Crippen LogP contribution in [0.15, 0.2) is 22.7 Å². The zero-order chi connectivity index (χ0) is 11.4. The highest BCUT2D eigenvalue weighted by Gasteiger charge is 2.18. The van der Waals surface area contributed by atoms with Gasteiger partial charge in [-0.25, -0.2) is 0 Å². The Morgan fingerprint density at radius 1 is 1.33 bits per heavy atom. The molecule has 0 aliphatic carbocycles. The summed E-state index contributed by atoms with van der Waals surface area (Å²) in [5.41, 5.74) is 7.57. The Balaban J connectivity index is 2.98. The van der Waals surface area contributed by atoms with Crippen molar-refractivity contribution in [3.8, 4) is 0 Å². The van der Waals surface area contributed by atoms with Crippen molar-refractivity contribution in [1.29, 1.82) is 0 Å². The molecule has 15 heavy (non-hydrogen) atoms. The molecule has 0 heterocycles. The number of rotatable bonds is 4. The quantitative estimate of drug-likeness (QED) is 0.764. The minimum atomic E-state index is 0.157. The largest absolute Gasteiger partial charge is 0.324 e. The molecule has 1 aromatic carbocycles. The fourth-order valence-electron chi connectivity index (χ4n) is 1.82. The minimum Gasteiger partial charge on any atom is -0.324 e. The van der Waals surface area contributed by atoms with Crippen molar-refractivity contribution in [2.24, 2.45) is 11.7 Å². The van der Waals surface area contributed by atoms with Gasteiger partial charge in [0, 0.05) is 14.1 Å². The Bertz CT molecular complexity index is 323. The molecule has 0 radical (unpaired) electrons. The van der Waals surface area contributed by atoms with E-state index in [1.54, 1.807) is 0 Å². The first kappa shape index (κ1) is 13.5. The summed E-state index contributed by atoms with van der Waals surface area (Å²) in [6.07, 6.45) is 2.28. The summed E-state index contributed by atoms with van der Waals surface area (Å²) in [7, 11) is 0. The van der Waals surface area contributed by atoms with Crippen molar-refractivity contribution in [1.82, 2.24) is 0 Å². The molecule has 0 saturated carbocycles. The fourth-order valence-corrected chi connectivity index (χ4v) is 2.89. The lowest BCUT2D eigenvalue weighted by atomic mass is 9.90. The van der Waals surface area contributed by atoms with Crippen LogP contribution in [0, 0.1) is 9.49 Å². The van der Waals surface area contributed by atoms with Gasteiger partial charge in [0.05, 0.1) is 0 Å². The Morgan fingerprint density at radius 2 is 1.93 bits per heavy atom. The van der Waals surface area contributed by atoms with Crippen molar-refractivity contribution in [3.05, 3.63) is 31.8 Å². The number of hydrogen-bond acceptors (Lipinski definition) is 1. The maximum atomic E-state index is 6.30. The van der Waals surface area contributed by atoms with Crippen LogP contribution in [0.1, 0.15) is 38.3 Å². The summed E-state index contributed by atoms with van der Waals surface area (Å²) >= 11 is 5.86. The van der Waals surface area contributed by atoms with Gasteiger partial charge in [-0.15, -0.1) is 0 Å². The van der Waals surface area contributed by atoms with Crippen LogP contribution in [0.2, 0.25) is 0 Å². The van der Waals surface area contributed by atoms with Gasteiger partial charge in [-0.2, -0.15) is 0 Å². The first-order valence-corrected chi connectivity index (χ1v) is 7.17. The Labute approximate surface area is 114 Å². The lowest BCUT2D eigenvalue weighted by Crippen LogP contribution is -2.21. The average molecular weight is 382 g/mol. The van der Waals surface area contributed by atoms with E-state index in [9.17, 15) is 0 Å². The fraction of sp³-hybridized carbons (Fsp3) is 0.500. The molecule has 1 atom stereocenters. The van der Waals surface area contributed by atoms with Crippen molar-refractivity contribution < 1.29 is 0 Å². The normalized spacial score (nSPS) is 13.2. The second-order valence-electron chi connectivity index (χ2n) is 3.77. The number of benzene rings is 1. The highest BCUT2D eigenvalue weighted by Crippen LogP contribution is 2.30. The summed E-state index contributed by atoms with van der Waals surface area (Å²) in [5.74, 6) is 0.577. The molecule has 0 spiro atoms. The van der Waals surface area contributed by atoms with E-state index in [2.05, 4.69) is 70.6 Å². The number of halogens is 2. The Hall–Kier alpha value is 0.390.